The zero-order valence-electron chi connectivity index (χ0n) is 13.6. The molecule has 0 aromatic heterocycles. The molecule has 0 spiro atoms. The van der Waals surface area contributed by atoms with Crippen LogP contribution < -0.4 is 16.0 Å². The van der Waals surface area contributed by atoms with Gasteiger partial charge in [-0.3, -0.25) is 14.4 Å². The summed E-state index contributed by atoms with van der Waals surface area (Å²) in [6, 6.07) is -1.38. The first-order valence-electron chi connectivity index (χ1n) is 8.01. The second-order valence-corrected chi connectivity index (χ2v) is 5.32. The zero-order valence-corrected chi connectivity index (χ0v) is 13.6. The normalized spacial score (nSPS) is 18.5. The van der Waals surface area contributed by atoms with E-state index in [0.29, 0.717) is 13.0 Å². The second kappa shape index (κ2) is 9.81. The van der Waals surface area contributed by atoms with Crippen LogP contribution in [0.4, 0.5) is 0 Å². The van der Waals surface area contributed by atoms with Crippen LogP contribution in [-0.4, -0.2) is 48.9 Å². The Morgan fingerprint density at radius 1 is 1.30 bits per heavy atom. The number of esters is 1. The van der Waals surface area contributed by atoms with Gasteiger partial charge in [0.15, 0.2) is 0 Å². The molecule has 1 saturated heterocycles. The van der Waals surface area contributed by atoms with E-state index in [1.165, 1.54) is 0 Å². The summed E-state index contributed by atoms with van der Waals surface area (Å²) in [5, 5.41) is 7.88. The molecule has 23 heavy (non-hydrogen) atoms. The molecule has 0 radical (unpaired) electrons. The highest BCUT2D eigenvalue weighted by Crippen LogP contribution is 2.06. The molecule has 8 nitrogen and oxygen atoms in total. The average Bonchev–Trinajstić information content (AvgIpc) is 2.53. The Bertz CT molecular complexity index is 452. The SMILES string of the molecule is CCOC(=O)[C@H](CCC(=O)NC1CCCNC1=O)NC(=O)CC. The average molecular weight is 327 g/mol. The van der Waals surface area contributed by atoms with Crippen molar-refractivity contribution < 1.29 is 23.9 Å². The first-order chi connectivity index (χ1) is 11.0. The summed E-state index contributed by atoms with van der Waals surface area (Å²) < 4.78 is 4.90. The molecule has 130 valence electrons. The van der Waals surface area contributed by atoms with E-state index in [9.17, 15) is 19.2 Å². The molecule has 0 aliphatic carbocycles. The van der Waals surface area contributed by atoms with Crippen molar-refractivity contribution in [3.8, 4) is 0 Å². The summed E-state index contributed by atoms with van der Waals surface area (Å²) >= 11 is 0. The predicted octanol–water partition coefficient (Wildman–Crippen LogP) is -0.381. The first-order valence-corrected chi connectivity index (χ1v) is 8.01. The van der Waals surface area contributed by atoms with Gasteiger partial charge >= 0.3 is 5.97 Å². The Hall–Kier alpha value is -2.12. The lowest BCUT2D eigenvalue weighted by Gasteiger charge is -2.23. The van der Waals surface area contributed by atoms with Gasteiger partial charge in [-0.2, -0.15) is 0 Å². The van der Waals surface area contributed by atoms with E-state index >= 15 is 0 Å². The topological polar surface area (TPSA) is 114 Å². The van der Waals surface area contributed by atoms with Crippen molar-refractivity contribution in [1.82, 2.24) is 16.0 Å². The number of hydrogen-bond donors (Lipinski definition) is 3. The summed E-state index contributed by atoms with van der Waals surface area (Å²) in [6.45, 7) is 4.17. The minimum absolute atomic E-state index is 0.0251. The summed E-state index contributed by atoms with van der Waals surface area (Å²) in [5.74, 6) is -1.36. The van der Waals surface area contributed by atoms with Gasteiger partial charge < -0.3 is 20.7 Å². The van der Waals surface area contributed by atoms with Crippen molar-refractivity contribution in [3.05, 3.63) is 0 Å². The third-order valence-corrected chi connectivity index (χ3v) is 3.51. The van der Waals surface area contributed by atoms with Crippen LogP contribution >= 0.6 is 0 Å². The monoisotopic (exact) mass is 327 g/mol. The fourth-order valence-corrected chi connectivity index (χ4v) is 2.24. The van der Waals surface area contributed by atoms with E-state index in [1.54, 1.807) is 13.8 Å². The molecule has 0 saturated carbocycles. The van der Waals surface area contributed by atoms with Crippen molar-refractivity contribution in [1.29, 1.82) is 0 Å². The minimum atomic E-state index is -0.853. The van der Waals surface area contributed by atoms with E-state index < -0.39 is 18.1 Å². The Balaban J connectivity index is 2.48. The Morgan fingerprint density at radius 2 is 2.04 bits per heavy atom. The molecule has 3 amide bonds. The van der Waals surface area contributed by atoms with Crippen molar-refractivity contribution >= 4 is 23.7 Å². The third-order valence-electron chi connectivity index (χ3n) is 3.51. The van der Waals surface area contributed by atoms with Gasteiger partial charge in [-0.15, -0.1) is 0 Å². The Morgan fingerprint density at radius 3 is 2.65 bits per heavy atom. The molecule has 1 aliphatic rings. The van der Waals surface area contributed by atoms with Crippen molar-refractivity contribution in [2.75, 3.05) is 13.2 Å². The number of piperidine rings is 1. The molecule has 1 rings (SSSR count). The predicted molar refractivity (Wildman–Crippen MR) is 82.3 cm³/mol. The summed E-state index contributed by atoms with van der Waals surface area (Å²) in [7, 11) is 0. The molecule has 1 heterocycles. The maximum absolute atomic E-state index is 11.9. The number of carbonyl (C=O) groups is 4. The van der Waals surface area contributed by atoms with Crippen LogP contribution in [0.3, 0.4) is 0 Å². The van der Waals surface area contributed by atoms with Crippen LogP contribution in [-0.2, 0) is 23.9 Å². The molecule has 1 aliphatic heterocycles. The lowest BCUT2D eigenvalue weighted by molar-refractivity contribution is -0.147. The highest BCUT2D eigenvalue weighted by Gasteiger charge is 2.26. The summed E-state index contributed by atoms with van der Waals surface area (Å²) in [6.07, 6.45) is 1.81. The molecule has 0 bridgehead atoms. The van der Waals surface area contributed by atoms with Gasteiger partial charge in [-0.1, -0.05) is 6.92 Å². The maximum atomic E-state index is 11.9. The van der Waals surface area contributed by atoms with Gasteiger partial charge in [0.2, 0.25) is 17.7 Å². The zero-order chi connectivity index (χ0) is 17.2. The van der Waals surface area contributed by atoms with Gasteiger partial charge in [0.1, 0.15) is 12.1 Å². The van der Waals surface area contributed by atoms with Crippen LogP contribution in [0.15, 0.2) is 0 Å². The van der Waals surface area contributed by atoms with Crippen molar-refractivity contribution in [2.24, 2.45) is 0 Å². The van der Waals surface area contributed by atoms with Crippen molar-refractivity contribution in [3.63, 3.8) is 0 Å². The molecular weight excluding hydrogens is 302 g/mol. The second-order valence-electron chi connectivity index (χ2n) is 5.32. The quantitative estimate of drug-likeness (QED) is 0.526. The molecule has 2 atom stereocenters. The fourth-order valence-electron chi connectivity index (χ4n) is 2.24. The summed E-state index contributed by atoms with van der Waals surface area (Å²) in [4.78, 5) is 46.8. The van der Waals surface area contributed by atoms with Crippen LogP contribution in [0.5, 0.6) is 0 Å². The van der Waals surface area contributed by atoms with E-state index in [-0.39, 0.29) is 43.6 Å². The standard InChI is InChI=1S/C15H25N3O5/c1-3-12(19)18-11(15(22)23-4-2)7-8-13(20)17-10-6-5-9-16-14(10)21/h10-11H,3-9H2,1-2H3,(H,16,21)(H,17,20)(H,18,19)/t10?,11-/m0/s1. The third kappa shape index (κ3) is 6.66. The van der Waals surface area contributed by atoms with Crippen LogP contribution in [0.25, 0.3) is 0 Å². The first kappa shape index (κ1) is 18.9. The van der Waals surface area contributed by atoms with Gasteiger partial charge in [-0.25, -0.2) is 4.79 Å². The van der Waals surface area contributed by atoms with Crippen molar-refractivity contribution in [2.45, 2.75) is 58.0 Å². The lowest BCUT2D eigenvalue weighted by atomic mass is 10.1. The highest BCUT2D eigenvalue weighted by atomic mass is 16.5. The van der Waals surface area contributed by atoms with Gasteiger partial charge in [0, 0.05) is 19.4 Å². The molecular formula is C15H25N3O5. The molecule has 8 heteroatoms. The molecule has 3 N–H and O–H groups in total. The van der Waals surface area contributed by atoms with Gasteiger partial charge in [0.05, 0.1) is 6.61 Å². The van der Waals surface area contributed by atoms with Crippen LogP contribution in [0.2, 0.25) is 0 Å². The lowest BCUT2D eigenvalue weighted by Crippen LogP contribution is -2.50. The summed E-state index contributed by atoms with van der Waals surface area (Å²) in [5.41, 5.74) is 0. The smallest absolute Gasteiger partial charge is 0.328 e. The Kier molecular flexibility index (Phi) is 8.07. The largest absolute Gasteiger partial charge is 0.464 e. The van der Waals surface area contributed by atoms with E-state index in [4.69, 9.17) is 4.74 Å². The fraction of sp³-hybridized carbons (Fsp3) is 0.733. The highest BCUT2D eigenvalue weighted by molar-refractivity contribution is 5.88. The Labute approximate surface area is 135 Å². The van der Waals surface area contributed by atoms with Crippen LogP contribution in [0.1, 0.15) is 46.0 Å². The van der Waals surface area contributed by atoms with Gasteiger partial charge in [-0.05, 0) is 26.2 Å². The number of amides is 3. The van der Waals surface area contributed by atoms with Crippen LogP contribution in [0, 0.1) is 0 Å². The minimum Gasteiger partial charge on any atom is -0.464 e. The van der Waals surface area contributed by atoms with E-state index in [0.717, 1.165) is 6.42 Å². The van der Waals surface area contributed by atoms with E-state index in [2.05, 4.69) is 16.0 Å². The molecule has 0 aromatic carbocycles. The maximum Gasteiger partial charge on any atom is 0.328 e. The number of carbonyl (C=O) groups excluding carboxylic acids is 4. The molecule has 1 unspecified atom stereocenters. The molecule has 0 aromatic rings. The van der Waals surface area contributed by atoms with E-state index in [1.807, 2.05) is 0 Å². The van der Waals surface area contributed by atoms with Gasteiger partial charge in [0.25, 0.3) is 0 Å². The number of hydrogen-bond acceptors (Lipinski definition) is 5. The number of ether oxygens (including phenoxy) is 1. The number of rotatable bonds is 8. The molecule has 1 fully saturated rings. The number of nitrogens with one attached hydrogen (secondary N) is 3.